The molecule has 0 aromatic heterocycles. The molecule has 0 saturated heterocycles. The molecule has 0 unspecified atom stereocenters. The minimum absolute atomic E-state index is 0.0292. The van der Waals surface area contributed by atoms with E-state index in [-0.39, 0.29) is 11.3 Å². The predicted molar refractivity (Wildman–Crippen MR) is 67.2 cm³/mol. The van der Waals surface area contributed by atoms with E-state index in [0.717, 1.165) is 0 Å². The van der Waals surface area contributed by atoms with Gasteiger partial charge in [-0.1, -0.05) is 18.2 Å². The first-order chi connectivity index (χ1) is 8.58. The van der Waals surface area contributed by atoms with Crippen molar-refractivity contribution < 1.29 is 14.3 Å². The molecule has 0 saturated carbocycles. The standard InChI is InChI=1S/C14H12FNO2/c1-9-6-7-10(8-11(9)15)14(18)16-12-4-2-3-5-13(12)17/h2-8,17H,1H3,(H,16,18). The molecule has 4 heteroatoms. The Bertz CT molecular complexity index is 596. The third-order valence-corrected chi connectivity index (χ3v) is 2.59. The second kappa shape index (κ2) is 4.87. The third-order valence-electron chi connectivity index (χ3n) is 2.59. The number of carbonyl (C=O) groups is 1. The molecule has 0 fully saturated rings. The molecule has 0 spiro atoms. The Balaban J connectivity index is 2.22. The van der Waals surface area contributed by atoms with Gasteiger partial charge in [0.25, 0.3) is 5.91 Å². The summed E-state index contributed by atoms with van der Waals surface area (Å²) in [6.07, 6.45) is 0. The van der Waals surface area contributed by atoms with E-state index < -0.39 is 11.7 Å². The lowest BCUT2D eigenvalue weighted by Crippen LogP contribution is -2.12. The highest BCUT2D eigenvalue weighted by molar-refractivity contribution is 6.05. The number of hydrogen-bond donors (Lipinski definition) is 2. The number of para-hydroxylation sites is 2. The van der Waals surface area contributed by atoms with Crippen molar-refractivity contribution in [3.63, 3.8) is 0 Å². The summed E-state index contributed by atoms with van der Waals surface area (Å²) >= 11 is 0. The average molecular weight is 245 g/mol. The van der Waals surface area contributed by atoms with Crippen LogP contribution < -0.4 is 5.32 Å². The van der Waals surface area contributed by atoms with E-state index in [1.54, 1.807) is 25.1 Å². The summed E-state index contributed by atoms with van der Waals surface area (Å²) in [5.41, 5.74) is 0.985. The summed E-state index contributed by atoms with van der Waals surface area (Å²) < 4.78 is 13.3. The van der Waals surface area contributed by atoms with Gasteiger partial charge < -0.3 is 10.4 Å². The summed E-state index contributed by atoms with van der Waals surface area (Å²) in [4.78, 5) is 11.8. The van der Waals surface area contributed by atoms with Crippen molar-refractivity contribution in [1.29, 1.82) is 0 Å². The van der Waals surface area contributed by atoms with Crippen molar-refractivity contribution in [3.05, 3.63) is 59.4 Å². The molecule has 2 rings (SSSR count). The SMILES string of the molecule is Cc1ccc(C(=O)Nc2ccccc2O)cc1F. The molecule has 0 heterocycles. The number of anilines is 1. The lowest BCUT2D eigenvalue weighted by molar-refractivity contribution is 0.102. The van der Waals surface area contributed by atoms with E-state index >= 15 is 0 Å². The summed E-state index contributed by atoms with van der Waals surface area (Å²) in [7, 11) is 0. The maximum atomic E-state index is 13.3. The number of aromatic hydroxyl groups is 1. The second-order valence-corrected chi connectivity index (χ2v) is 3.94. The average Bonchev–Trinajstić information content (AvgIpc) is 2.35. The zero-order valence-corrected chi connectivity index (χ0v) is 9.77. The van der Waals surface area contributed by atoms with Crippen LogP contribution in [-0.4, -0.2) is 11.0 Å². The van der Waals surface area contributed by atoms with Gasteiger partial charge in [0, 0.05) is 5.56 Å². The predicted octanol–water partition coefficient (Wildman–Crippen LogP) is 3.09. The molecule has 92 valence electrons. The van der Waals surface area contributed by atoms with Crippen LogP contribution in [0.3, 0.4) is 0 Å². The first kappa shape index (κ1) is 12.1. The second-order valence-electron chi connectivity index (χ2n) is 3.94. The number of nitrogens with one attached hydrogen (secondary N) is 1. The van der Waals surface area contributed by atoms with Crippen molar-refractivity contribution in [2.75, 3.05) is 5.32 Å². The third kappa shape index (κ3) is 2.48. The minimum atomic E-state index is -0.463. The van der Waals surface area contributed by atoms with Gasteiger partial charge in [-0.15, -0.1) is 0 Å². The van der Waals surface area contributed by atoms with E-state index in [1.807, 2.05) is 0 Å². The molecule has 1 amide bonds. The van der Waals surface area contributed by atoms with E-state index in [1.165, 1.54) is 24.3 Å². The smallest absolute Gasteiger partial charge is 0.255 e. The highest BCUT2D eigenvalue weighted by Crippen LogP contribution is 2.22. The van der Waals surface area contributed by atoms with Gasteiger partial charge in [-0.25, -0.2) is 4.39 Å². The number of amides is 1. The van der Waals surface area contributed by atoms with Gasteiger partial charge >= 0.3 is 0 Å². The molecule has 0 aliphatic heterocycles. The van der Waals surface area contributed by atoms with E-state index in [9.17, 15) is 14.3 Å². The maximum absolute atomic E-state index is 13.3. The van der Waals surface area contributed by atoms with Crippen LogP contribution in [0, 0.1) is 12.7 Å². The van der Waals surface area contributed by atoms with Gasteiger partial charge in [0.2, 0.25) is 0 Å². The summed E-state index contributed by atoms with van der Waals surface area (Å²) in [6.45, 7) is 1.63. The zero-order chi connectivity index (χ0) is 13.1. The van der Waals surface area contributed by atoms with Crippen molar-refractivity contribution in [3.8, 4) is 5.75 Å². The summed E-state index contributed by atoms with van der Waals surface area (Å²) in [5.74, 6) is -0.922. The van der Waals surface area contributed by atoms with Crippen LogP contribution in [0.5, 0.6) is 5.75 Å². The number of phenolic OH excluding ortho intramolecular Hbond substituents is 1. The van der Waals surface area contributed by atoms with E-state index in [4.69, 9.17) is 0 Å². The summed E-state index contributed by atoms with van der Waals surface area (Å²) in [6, 6.07) is 10.6. The summed E-state index contributed by atoms with van der Waals surface area (Å²) in [5, 5.41) is 12.0. The Hall–Kier alpha value is -2.36. The lowest BCUT2D eigenvalue weighted by atomic mass is 10.1. The molecule has 3 nitrogen and oxygen atoms in total. The monoisotopic (exact) mass is 245 g/mol. The van der Waals surface area contributed by atoms with Crippen LogP contribution in [0.4, 0.5) is 10.1 Å². The number of rotatable bonds is 2. The topological polar surface area (TPSA) is 49.3 Å². The lowest BCUT2D eigenvalue weighted by Gasteiger charge is -2.07. The Kier molecular flexibility index (Phi) is 3.28. The van der Waals surface area contributed by atoms with Gasteiger partial charge in [0.05, 0.1) is 5.69 Å². The molecule has 0 atom stereocenters. The molecule has 0 bridgehead atoms. The Morgan fingerprint density at radius 3 is 2.61 bits per heavy atom. The van der Waals surface area contributed by atoms with Crippen LogP contribution in [-0.2, 0) is 0 Å². The van der Waals surface area contributed by atoms with Gasteiger partial charge in [-0.2, -0.15) is 0 Å². The number of halogens is 1. The molecule has 2 N–H and O–H groups in total. The first-order valence-electron chi connectivity index (χ1n) is 5.43. The van der Waals surface area contributed by atoms with Crippen LogP contribution in [0.1, 0.15) is 15.9 Å². The van der Waals surface area contributed by atoms with Crippen molar-refractivity contribution in [2.45, 2.75) is 6.92 Å². The minimum Gasteiger partial charge on any atom is -0.506 e. The highest BCUT2D eigenvalue weighted by atomic mass is 19.1. The molecular formula is C14H12FNO2. The number of aryl methyl sites for hydroxylation is 1. The van der Waals surface area contributed by atoms with Crippen LogP contribution in [0.25, 0.3) is 0 Å². The van der Waals surface area contributed by atoms with Crippen molar-refractivity contribution >= 4 is 11.6 Å². The van der Waals surface area contributed by atoms with Crippen molar-refractivity contribution in [1.82, 2.24) is 0 Å². The number of phenols is 1. The Morgan fingerprint density at radius 2 is 1.94 bits per heavy atom. The fourth-order valence-corrected chi connectivity index (χ4v) is 1.51. The van der Waals surface area contributed by atoms with Crippen molar-refractivity contribution in [2.24, 2.45) is 0 Å². The highest BCUT2D eigenvalue weighted by Gasteiger charge is 2.10. The molecule has 0 aliphatic carbocycles. The number of benzene rings is 2. The molecule has 2 aromatic carbocycles. The molecule has 0 radical (unpaired) electrons. The number of carbonyl (C=O) groups excluding carboxylic acids is 1. The fourth-order valence-electron chi connectivity index (χ4n) is 1.51. The Morgan fingerprint density at radius 1 is 1.22 bits per heavy atom. The van der Waals surface area contributed by atoms with Gasteiger partial charge in [-0.05, 0) is 36.8 Å². The molecular weight excluding hydrogens is 233 g/mol. The van der Waals surface area contributed by atoms with Gasteiger partial charge in [-0.3, -0.25) is 4.79 Å². The first-order valence-corrected chi connectivity index (χ1v) is 5.43. The van der Waals surface area contributed by atoms with Crippen LogP contribution in [0.2, 0.25) is 0 Å². The van der Waals surface area contributed by atoms with E-state index in [2.05, 4.69) is 5.32 Å². The van der Waals surface area contributed by atoms with Crippen LogP contribution in [0.15, 0.2) is 42.5 Å². The molecule has 2 aromatic rings. The van der Waals surface area contributed by atoms with Gasteiger partial charge in [0.15, 0.2) is 0 Å². The molecule has 0 aliphatic rings. The molecule has 18 heavy (non-hydrogen) atoms. The van der Waals surface area contributed by atoms with Crippen LogP contribution >= 0.6 is 0 Å². The normalized spacial score (nSPS) is 10.1. The van der Waals surface area contributed by atoms with E-state index in [0.29, 0.717) is 11.3 Å². The Labute approximate surface area is 104 Å². The fraction of sp³-hybridized carbons (Fsp3) is 0.0714. The maximum Gasteiger partial charge on any atom is 0.255 e. The van der Waals surface area contributed by atoms with Gasteiger partial charge in [0.1, 0.15) is 11.6 Å². The zero-order valence-electron chi connectivity index (χ0n) is 9.77. The largest absolute Gasteiger partial charge is 0.506 e. The quantitative estimate of drug-likeness (QED) is 0.799. The number of hydrogen-bond acceptors (Lipinski definition) is 2.